The predicted molar refractivity (Wildman–Crippen MR) is 55.1 cm³/mol. The molecule has 4 heteroatoms. The van der Waals surface area contributed by atoms with Gasteiger partial charge < -0.3 is 9.84 Å². The van der Waals surface area contributed by atoms with Gasteiger partial charge >= 0.3 is 0 Å². The molecule has 1 aromatic heterocycles. The smallest absolute Gasteiger partial charge is 0.240 e. The fraction of sp³-hybridized carbons (Fsp3) is 0.818. The fourth-order valence-electron chi connectivity index (χ4n) is 2.25. The van der Waals surface area contributed by atoms with E-state index >= 15 is 0 Å². The van der Waals surface area contributed by atoms with E-state index < -0.39 is 0 Å². The van der Waals surface area contributed by atoms with E-state index in [0.717, 1.165) is 30.1 Å². The van der Waals surface area contributed by atoms with E-state index in [1.807, 2.05) is 6.92 Å². The lowest BCUT2D eigenvalue weighted by atomic mass is 10.1. The lowest BCUT2D eigenvalue weighted by Gasteiger charge is -2.15. The van der Waals surface area contributed by atoms with Crippen LogP contribution in [0.2, 0.25) is 0 Å². The first-order chi connectivity index (χ1) is 7.33. The Morgan fingerprint density at radius 1 is 1.33 bits per heavy atom. The maximum atomic E-state index is 5.09. The molecule has 2 aliphatic rings. The van der Waals surface area contributed by atoms with Gasteiger partial charge in [0.1, 0.15) is 0 Å². The summed E-state index contributed by atoms with van der Waals surface area (Å²) in [4.78, 5) is 4.20. The van der Waals surface area contributed by atoms with Gasteiger partial charge in [-0.3, -0.25) is 0 Å². The second-order valence-corrected chi connectivity index (χ2v) is 4.82. The Morgan fingerprint density at radius 2 is 2.00 bits per heavy atom. The lowest BCUT2D eigenvalue weighted by molar-refractivity contribution is 0.336. The molecule has 2 fully saturated rings. The number of rotatable bonds is 5. The first-order valence-corrected chi connectivity index (χ1v) is 5.85. The molecule has 0 atom stereocenters. The summed E-state index contributed by atoms with van der Waals surface area (Å²) in [6.45, 7) is 2.59. The topological polar surface area (TPSA) is 51.0 Å². The van der Waals surface area contributed by atoms with Crippen LogP contribution in [0.15, 0.2) is 4.52 Å². The molecule has 1 N–H and O–H groups in total. The highest BCUT2D eigenvalue weighted by Gasteiger charge is 2.41. The number of aryl methyl sites for hydroxylation is 1. The molecule has 0 unspecified atom stereocenters. The maximum absolute atomic E-state index is 5.09. The minimum atomic E-state index is 0.706. The molecular formula is C11H17N3O. The minimum Gasteiger partial charge on any atom is -0.338 e. The number of hydrogen-bond donors (Lipinski definition) is 1. The van der Waals surface area contributed by atoms with Crippen LogP contribution in [0.1, 0.15) is 37.4 Å². The SMILES string of the molecule is Cc1noc(CNC(C2CC2)C2CC2)n1. The molecule has 2 aliphatic carbocycles. The van der Waals surface area contributed by atoms with Crippen LogP contribution in [0.25, 0.3) is 0 Å². The Labute approximate surface area is 89.4 Å². The predicted octanol–water partition coefficient (Wildman–Crippen LogP) is 1.66. The molecule has 0 spiro atoms. The number of nitrogens with zero attached hydrogens (tertiary/aromatic N) is 2. The van der Waals surface area contributed by atoms with Crippen molar-refractivity contribution in [3.63, 3.8) is 0 Å². The Balaban J connectivity index is 1.55. The van der Waals surface area contributed by atoms with Crippen LogP contribution in [-0.2, 0) is 6.54 Å². The van der Waals surface area contributed by atoms with E-state index in [1.54, 1.807) is 0 Å². The first kappa shape index (κ1) is 9.33. The van der Waals surface area contributed by atoms with E-state index in [1.165, 1.54) is 25.7 Å². The Bertz CT molecular complexity index is 329. The van der Waals surface area contributed by atoms with Crippen molar-refractivity contribution in [1.29, 1.82) is 0 Å². The summed E-state index contributed by atoms with van der Waals surface area (Å²) in [5.41, 5.74) is 0. The van der Waals surface area contributed by atoms with Crippen molar-refractivity contribution in [2.24, 2.45) is 11.8 Å². The molecule has 0 aliphatic heterocycles. The molecule has 82 valence electrons. The standard InChI is InChI=1S/C11H17N3O/c1-7-13-10(15-14-7)6-12-11(8-2-3-8)9-4-5-9/h8-9,11-12H,2-6H2,1H3. The summed E-state index contributed by atoms with van der Waals surface area (Å²) in [7, 11) is 0. The Hall–Kier alpha value is -0.900. The second kappa shape index (κ2) is 3.59. The van der Waals surface area contributed by atoms with Crippen LogP contribution in [-0.4, -0.2) is 16.2 Å². The Kier molecular flexibility index (Phi) is 2.24. The molecule has 0 saturated heterocycles. The summed E-state index contributed by atoms with van der Waals surface area (Å²) < 4.78 is 5.09. The van der Waals surface area contributed by atoms with Crippen molar-refractivity contribution in [3.05, 3.63) is 11.7 Å². The number of nitrogens with one attached hydrogen (secondary N) is 1. The van der Waals surface area contributed by atoms with Gasteiger partial charge in [0.05, 0.1) is 6.54 Å². The molecule has 1 heterocycles. The molecule has 0 bridgehead atoms. The highest BCUT2D eigenvalue weighted by molar-refractivity contribution is 4.97. The van der Waals surface area contributed by atoms with Crippen molar-refractivity contribution < 1.29 is 4.52 Å². The average Bonchev–Trinajstić information content (AvgIpc) is 3.09. The van der Waals surface area contributed by atoms with Gasteiger partial charge in [-0.15, -0.1) is 0 Å². The van der Waals surface area contributed by atoms with Crippen molar-refractivity contribution in [2.75, 3.05) is 0 Å². The minimum absolute atomic E-state index is 0.706. The number of hydrogen-bond acceptors (Lipinski definition) is 4. The van der Waals surface area contributed by atoms with Gasteiger partial charge in [0.15, 0.2) is 5.82 Å². The summed E-state index contributed by atoms with van der Waals surface area (Å²) >= 11 is 0. The third kappa shape index (κ3) is 2.20. The molecule has 15 heavy (non-hydrogen) atoms. The monoisotopic (exact) mass is 207 g/mol. The summed E-state index contributed by atoms with van der Waals surface area (Å²) in [6, 6.07) is 0.706. The van der Waals surface area contributed by atoms with E-state index in [4.69, 9.17) is 4.52 Å². The average molecular weight is 207 g/mol. The normalized spacial score (nSPS) is 21.2. The highest BCUT2D eigenvalue weighted by Crippen LogP contribution is 2.44. The van der Waals surface area contributed by atoms with Crippen LogP contribution in [0, 0.1) is 18.8 Å². The molecule has 2 saturated carbocycles. The molecule has 3 rings (SSSR count). The summed E-state index contributed by atoms with van der Waals surface area (Å²) in [5, 5.41) is 7.37. The zero-order chi connectivity index (χ0) is 10.3. The van der Waals surface area contributed by atoms with Crippen LogP contribution >= 0.6 is 0 Å². The van der Waals surface area contributed by atoms with Gasteiger partial charge in [-0.1, -0.05) is 5.16 Å². The third-order valence-corrected chi connectivity index (χ3v) is 3.32. The maximum Gasteiger partial charge on any atom is 0.240 e. The van der Waals surface area contributed by atoms with Crippen LogP contribution in [0.4, 0.5) is 0 Å². The van der Waals surface area contributed by atoms with Gasteiger partial charge in [0, 0.05) is 6.04 Å². The molecule has 0 aromatic carbocycles. The van der Waals surface area contributed by atoms with E-state index in [0.29, 0.717) is 6.04 Å². The van der Waals surface area contributed by atoms with E-state index in [2.05, 4.69) is 15.5 Å². The number of aromatic nitrogens is 2. The molecule has 1 aromatic rings. The third-order valence-electron chi connectivity index (χ3n) is 3.32. The van der Waals surface area contributed by atoms with Crippen LogP contribution in [0.3, 0.4) is 0 Å². The molecule has 0 amide bonds. The van der Waals surface area contributed by atoms with Gasteiger partial charge in [-0.25, -0.2) is 0 Å². The van der Waals surface area contributed by atoms with Gasteiger partial charge in [-0.05, 0) is 44.4 Å². The molecular weight excluding hydrogens is 190 g/mol. The summed E-state index contributed by atoms with van der Waals surface area (Å²) in [6.07, 6.45) is 5.60. The van der Waals surface area contributed by atoms with Gasteiger partial charge in [0.2, 0.25) is 5.89 Å². The summed E-state index contributed by atoms with van der Waals surface area (Å²) in [5.74, 6) is 3.28. The molecule has 0 radical (unpaired) electrons. The van der Waals surface area contributed by atoms with Gasteiger partial charge in [-0.2, -0.15) is 4.98 Å². The fourth-order valence-corrected chi connectivity index (χ4v) is 2.25. The van der Waals surface area contributed by atoms with Crippen LogP contribution < -0.4 is 5.32 Å². The Morgan fingerprint density at radius 3 is 2.47 bits per heavy atom. The van der Waals surface area contributed by atoms with Crippen molar-refractivity contribution >= 4 is 0 Å². The van der Waals surface area contributed by atoms with Crippen molar-refractivity contribution in [2.45, 2.75) is 45.2 Å². The van der Waals surface area contributed by atoms with Gasteiger partial charge in [0.25, 0.3) is 0 Å². The zero-order valence-electron chi connectivity index (χ0n) is 9.07. The zero-order valence-corrected chi connectivity index (χ0v) is 9.07. The first-order valence-electron chi connectivity index (χ1n) is 5.85. The van der Waals surface area contributed by atoms with Crippen LogP contribution in [0.5, 0.6) is 0 Å². The highest BCUT2D eigenvalue weighted by atomic mass is 16.5. The quantitative estimate of drug-likeness (QED) is 0.797. The van der Waals surface area contributed by atoms with Crippen molar-refractivity contribution in [1.82, 2.24) is 15.5 Å². The lowest BCUT2D eigenvalue weighted by Crippen LogP contribution is -2.32. The van der Waals surface area contributed by atoms with E-state index in [-0.39, 0.29) is 0 Å². The largest absolute Gasteiger partial charge is 0.338 e. The van der Waals surface area contributed by atoms with E-state index in [9.17, 15) is 0 Å². The molecule has 4 nitrogen and oxygen atoms in total. The second-order valence-electron chi connectivity index (χ2n) is 4.82. The van der Waals surface area contributed by atoms with Crippen molar-refractivity contribution in [3.8, 4) is 0 Å².